The van der Waals surface area contributed by atoms with Crippen LogP contribution in [0.4, 0.5) is 10.1 Å². The van der Waals surface area contributed by atoms with E-state index in [1.54, 1.807) is 0 Å². The zero-order valence-electron chi connectivity index (χ0n) is 12.4. The van der Waals surface area contributed by atoms with Crippen LogP contribution in [0.5, 0.6) is 0 Å². The van der Waals surface area contributed by atoms with E-state index in [-0.39, 0.29) is 5.82 Å². The van der Waals surface area contributed by atoms with Crippen molar-refractivity contribution < 1.29 is 9.13 Å². The minimum absolute atomic E-state index is 0.170. The maximum Gasteiger partial charge on any atom is 0.123 e. The molecule has 3 nitrogen and oxygen atoms in total. The van der Waals surface area contributed by atoms with Gasteiger partial charge in [-0.3, -0.25) is 4.90 Å². The lowest BCUT2D eigenvalue weighted by atomic mass is 10.2. The van der Waals surface area contributed by atoms with E-state index in [0.29, 0.717) is 18.8 Å². The summed E-state index contributed by atoms with van der Waals surface area (Å²) in [5.74, 6) is -0.170. The summed E-state index contributed by atoms with van der Waals surface area (Å²) in [6.45, 7) is 8.55. The number of rotatable bonds is 5. The lowest BCUT2D eigenvalue weighted by Gasteiger charge is -2.25. The first-order valence-corrected chi connectivity index (χ1v) is 7.73. The van der Waals surface area contributed by atoms with Crippen molar-refractivity contribution in [2.24, 2.45) is 0 Å². The van der Waals surface area contributed by atoms with E-state index in [2.05, 4.69) is 16.4 Å². The highest BCUT2D eigenvalue weighted by atomic mass is 19.1. The third-order valence-corrected chi connectivity index (χ3v) is 4.50. The number of ether oxygens (including phenoxy) is 1. The van der Waals surface area contributed by atoms with Gasteiger partial charge in [0.15, 0.2) is 0 Å². The third kappa shape index (κ3) is 3.44. The fourth-order valence-corrected chi connectivity index (χ4v) is 3.35. The van der Waals surface area contributed by atoms with Crippen molar-refractivity contribution in [1.29, 1.82) is 0 Å². The fourth-order valence-electron chi connectivity index (χ4n) is 3.35. The predicted molar refractivity (Wildman–Crippen MR) is 83.1 cm³/mol. The molecule has 114 valence electrons. The summed E-state index contributed by atoms with van der Waals surface area (Å²) in [6, 6.07) is 7.41. The summed E-state index contributed by atoms with van der Waals surface area (Å²) in [7, 11) is 0. The summed E-state index contributed by atoms with van der Waals surface area (Å²) >= 11 is 0. The Labute approximate surface area is 126 Å². The van der Waals surface area contributed by atoms with Crippen LogP contribution in [0.3, 0.4) is 0 Å². The highest BCUT2D eigenvalue weighted by Gasteiger charge is 2.33. The second-order valence-corrected chi connectivity index (χ2v) is 5.89. The molecule has 1 aromatic rings. The van der Waals surface area contributed by atoms with Crippen LogP contribution in [0.2, 0.25) is 0 Å². The van der Waals surface area contributed by atoms with E-state index in [1.165, 1.54) is 18.6 Å². The first kappa shape index (κ1) is 14.5. The molecule has 0 amide bonds. The van der Waals surface area contributed by atoms with Gasteiger partial charge in [-0.05, 0) is 37.1 Å². The Kier molecular flexibility index (Phi) is 4.56. The number of hydrogen-bond acceptors (Lipinski definition) is 3. The van der Waals surface area contributed by atoms with Gasteiger partial charge >= 0.3 is 0 Å². The van der Waals surface area contributed by atoms with E-state index in [0.717, 1.165) is 38.3 Å². The van der Waals surface area contributed by atoms with Gasteiger partial charge in [0.25, 0.3) is 0 Å². The van der Waals surface area contributed by atoms with E-state index >= 15 is 0 Å². The van der Waals surface area contributed by atoms with Crippen LogP contribution < -0.4 is 4.90 Å². The van der Waals surface area contributed by atoms with Gasteiger partial charge in [0.2, 0.25) is 0 Å². The predicted octanol–water partition coefficient (Wildman–Crippen LogP) is 2.68. The van der Waals surface area contributed by atoms with Crippen molar-refractivity contribution in [2.75, 3.05) is 37.7 Å². The van der Waals surface area contributed by atoms with Crippen LogP contribution in [-0.2, 0) is 4.74 Å². The molecule has 1 aromatic carbocycles. The van der Waals surface area contributed by atoms with E-state index < -0.39 is 0 Å². The maximum atomic E-state index is 13.0. The highest BCUT2D eigenvalue weighted by molar-refractivity contribution is 5.47. The van der Waals surface area contributed by atoms with Gasteiger partial charge in [-0.2, -0.15) is 0 Å². The molecule has 0 aromatic heterocycles. The molecule has 2 heterocycles. The normalized spacial score (nSPS) is 26.4. The lowest BCUT2D eigenvalue weighted by Crippen LogP contribution is -2.36. The molecule has 0 radical (unpaired) electrons. The number of nitrogens with zero attached hydrogens (tertiary/aromatic N) is 2. The first-order chi connectivity index (χ1) is 10.3. The Hall–Kier alpha value is -1.39. The van der Waals surface area contributed by atoms with Crippen molar-refractivity contribution in [3.8, 4) is 0 Å². The number of likely N-dealkylation sites (tertiary alicyclic amines) is 1. The van der Waals surface area contributed by atoms with Gasteiger partial charge in [-0.15, -0.1) is 6.58 Å². The molecular formula is C17H23FN2O. The third-order valence-electron chi connectivity index (χ3n) is 4.50. The van der Waals surface area contributed by atoms with Crippen LogP contribution in [-0.4, -0.2) is 49.8 Å². The Morgan fingerprint density at radius 2 is 2.00 bits per heavy atom. The van der Waals surface area contributed by atoms with Gasteiger partial charge in [-0.1, -0.05) is 6.08 Å². The van der Waals surface area contributed by atoms with Crippen molar-refractivity contribution in [2.45, 2.75) is 25.0 Å². The number of anilines is 1. The van der Waals surface area contributed by atoms with Crippen molar-refractivity contribution in [3.05, 3.63) is 42.7 Å². The molecule has 2 fully saturated rings. The molecule has 2 saturated heterocycles. The summed E-state index contributed by atoms with van der Waals surface area (Å²) in [5, 5.41) is 0. The molecule has 3 rings (SSSR count). The Balaban J connectivity index is 1.53. The Morgan fingerprint density at radius 3 is 2.76 bits per heavy atom. The SMILES string of the molecule is C=CCO[C@@H]1CCN(C2CCN(c3ccc(F)cc3)C2)C1. The molecule has 2 aliphatic heterocycles. The molecule has 0 bridgehead atoms. The summed E-state index contributed by atoms with van der Waals surface area (Å²) in [4.78, 5) is 4.89. The Morgan fingerprint density at radius 1 is 1.19 bits per heavy atom. The quantitative estimate of drug-likeness (QED) is 0.776. The molecule has 21 heavy (non-hydrogen) atoms. The fraction of sp³-hybridized carbons (Fsp3) is 0.529. The zero-order valence-corrected chi connectivity index (χ0v) is 12.4. The maximum absolute atomic E-state index is 13.0. The Bertz CT molecular complexity index is 476. The van der Waals surface area contributed by atoms with Gasteiger partial charge < -0.3 is 9.64 Å². The van der Waals surface area contributed by atoms with Crippen molar-refractivity contribution >= 4 is 5.69 Å². The van der Waals surface area contributed by atoms with Crippen LogP contribution >= 0.6 is 0 Å². The largest absolute Gasteiger partial charge is 0.373 e. The molecule has 0 spiro atoms. The minimum Gasteiger partial charge on any atom is -0.373 e. The van der Waals surface area contributed by atoms with Gasteiger partial charge in [0.05, 0.1) is 12.7 Å². The highest BCUT2D eigenvalue weighted by Crippen LogP contribution is 2.26. The van der Waals surface area contributed by atoms with Crippen LogP contribution in [0.15, 0.2) is 36.9 Å². The van der Waals surface area contributed by atoms with E-state index in [9.17, 15) is 4.39 Å². The van der Waals surface area contributed by atoms with Gasteiger partial charge in [0.1, 0.15) is 5.82 Å². The topological polar surface area (TPSA) is 15.7 Å². The molecule has 1 unspecified atom stereocenters. The molecule has 0 aliphatic carbocycles. The molecule has 2 aliphatic rings. The second-order valence-electron chi connectivity index (χ2n) is 5.89. The first-order valence-electron chi connectivity index (χ1n) is 7.73. The molecule has 0 saturated carbocycles. The smallest absolute Gasteiger partial charge is 0.123 e. The van der Waals surface area contributed by atoms with Crippen LogP contribution in [0.25, 0.3) is 0 Å². The second kappa shape index (κ2) is 6.58. The van der Waals surface area contributed by atoms with Crippen molar-refractivity contribution in [1.82, 2.24) is 4.90 Å². The molecule has 2 atom stereocenters. The number of benzene rings is 1. The van der Waals surface area contributed by atoms with Crippen LogP contribution in [0, 0.1) is 5.82 Å². The number of hydrogen-bond donors (Lipinski definition) is 0. The zero-order chi connectivity index (χ0) is 14.7. The van der Waals surface area contributed by atoms with Gasteiger partial charge in [-0.25, -0.2) is 4.39 Å². The summed E-state index contributed by atoms with van der Waals surface area (Å²) in [5.41, 5.74) is 1.12. The van der Waals surface area contributed by atoms with E-state index in [4.69, 9.17) is 4.74 Å². The monoisotopic (exact) mass is 290 g/mol. The summed E-state index contributed by atoms with van der Waals surface area (Å²) < 4.78 is 18.7. The lowest BCUT2D eigenvalue weighted by molar-refractivity contribution is 0.0763. The molecule has 4 heteroatoms. The minimum atomic E-state index is -0.170. The molecule has 0 N–H and O–H groups in total. The average molecular weight is 290 g/mol. The number of halogens is 1. The van der Waals surface area contributed by atoms with E-state index in [1.807, 2.05) is 18.2 Å². The average Bonchev–Trinajstić information content (AvgIpc) is 3.15. The summed E-state index contributed by atoms with van der Waals surface area (Å²) in [6.07, 6.45) is 4.45. The van der Waals surface area contributed by atoms with Gasteiger partial charge in [0, 0.05) is 37.9 Å². The van der Waals surface area contributed by atoms with Crippen molar-refractivity contribution in [3.63, 3.8) is 0 Å². The molecular weight excluding hydrogens is 267 g/mol. The standard InChI is InChI=1S/C17H23FN2O/c1-2-11-21-17-8-10-20(13-17)16-7-9-19(12-16)15-5-3-14(18)4-6-15/h2-6,16-17H,1,7-13H2/t16?,17-/m1/s1. The van der Waals surface area contributed by atoms with Crippen LogP contribution in [0.1, 0.15) is 12.8 Å².